The van der Waals surface area contributed by atoms with Gasteiger partial charge in [0.25, 0.3) is 5.91 Å². The van der Waals surface area contributed by atoms with Crippen LogP contribution in [0.2, 0.25) is 10.0 Å². The van der Waals surface area contributed by atoms with Crippen LogP contribution < -0.4 is 15.4 Å². The Hall–Kier alpha value is -3.13. The van der Waals surface area contributed by atoms with Gasteiger partial charge in [-0.1, -0.05) is 54.4 Å². The van der Waals surface area contributed by atoms with E-state index in [4.69, 9.17) is 44.6 Å². The zero-order chi connectivity index (χ0) is 24.1. The number of thiocarbonyl (C=S) groups is 1. The molecule has 0 aliphatic heterocycles. The lowest BCUT2D eigenvalue weighted by Gasteiger charge is -2.11. The third-order valence-electron chi connectivity index (χ3n) is 4.98. The average molecular weight is 514 g/mol. The quantitative estimate of drug-likeness (QED) is 0.287. The molecule has 6 nitrogen and oxygen atoms in total. The second-order valence-corrected chi connectivity index (χ2v) is 8.76. The minimum Gasteiger partial charge on any atom is -0.484 e. The summed E-state index contributed by atoms with van der Waals surface area (Å²) in [5, 5.41) is 6.72. The number of benzene rings is 3. The van der Waals surface area contributed by atoms with Crippen molar-refractivity contribution in [1.29, 1.82) is 0 Å². The van der Waals surface area contributed by atoms with E-state index in [1.54, 1.807) is 12.1 Å². The van der Waals surface area contributed by atoms with Crippen LogP contribution in [0, 0.1) is 0 Å². The number of oxazole rings is 1. The summed E-state index contributed by atoms with van der Waals surface area (Å²) in [4.78, 5) is 16.6. The number of ether oxygens (including phenoxy) is 1. The largest absolute Gasteiger partial charge is 0.484 e. The number of carbonyl (C=O) groups excluding carboxylic acids is 1. The highest BCUT2D eigenvalue weighted by Crippen LogP contribution is 2.29. The number of rotatable bonds is 7. The zero-order valence-electron chi connectivity index (χ0n) is 18.2. The molecule has 0 radical (unpaired) electrons. The maximum atomic E-state index is 12.1. The predicted molar refractivity (Wildman–Crippen MR) is 139 cm³/mol. The van der Waals surface area contributed by atoms with Gasteiger partial charge in [0.05, 0.1) is 5.02 Å². The Morgan fingerprint density at radius 1 is 1.06 bits per heavy atom. The Morgan fingerprint density at radius 3 is 2.47 bits per heavy atom. The number of aromatic nitrogens is 1. The van der Waals surface area contributed by atoms with E-state index < -0.39 is 0 Å². The lowest BCUT2D eigenvalue weighted by molar-refractivity contribution is -0.121. The molecular formula is C25H21Cl2N3O3S. The molecule has 1 heterocycles. The molecule has 0 atom stereocenters. The average Bonchev–Trinajstić information content (AvgIpc) is 3.22. The molecule has 0 aliphatic rings. The van der Waals surface area contributed by atoms with Crippen LogP contribution in [-0.4, -0.2) is 22.6 Å². The molecule has 0 bridgehead atoms. The van der Waals surface area contributed by atoms with Gasteiger partial charge in [-0.05, 0) is 66.2 Å². The summed E-state index contributed by atoms with van der Waals surface area (Å²) in [6.07, 6.45) is 1.43. The van der Waals surface area contributed by atoms with Crippen molar-refractivity contribution < 1.29 is 13.9 Å². The van der Waals surface area contributed by atoms with Crippen molar-refractivity contribution >= 4 is 63.2 Å². The first-order valence-electron chi connectivity index (χ1n) is 10.6. The van der Waals surface area contributed by atoms with E-state index in [2.05, 4.69) is 22.5 Å². The van der Waals surface area contributed by atoms with Gasteiger partial charge in [-0.25, -0.2) is 4.98 Å². The molecule has 0 fully saturated rings. The summed E-state index contributed by atoms with van der Waals surface area (Å²) in [7, 11) is 0. The number of hydrogen-bond acceptors (Lipinski definition) is 5. The summed E-state index contributed by atoms with van der Waals surface area (Å²) in [6, 6.07) is 18.5. The van der Waals surface area contributed by atoms with E-state index in [9.17, 15) is 4.79 Å². The Labute approximate surface area is 212 Å². The van der Waals surface area contributed by atoms with Gasteiger partial charge in [-0.3, -0.25) is 10.1 Å². The molecule has 34 heavy (non-hydrogen) atoms. The molecular weight excluding hydrogens is 493 g/mol. The fraction of sp³-hybridized carbons (Fsp3) is 0.160. The molecule has 0 unspecified atom stereocenters. The van der Waals surface area contributed by atoms with Gasteiger partial charge in [0.2, 0.25) is 0 Å². The number of fused-ring (bicyclic) bond motifs is 1. The first-order valence-corrected chi connectivity index (χ1v) is 11.7. The summed E-state index contributed by atoms with van der Waals surface area (Å²) in [6.45, 7) is 1.95. The molecule has 0 saturated carbocycles. The number of aryl methyl sites for hydroxylation is 1. The molecule has 0 aliphatic carbocycles. The third-order valence-corrected chi connectivity index (χ3v) is 5.68. The Kier molecular flexibility index (Phi) is 7.67. The van der Waals surface area contributed by atoms with Crippen LogP contribution in [0.5, 0.6) is 5.75 Å². The molecule has 3 aromatic carbocycles. The van der Waals surface area contributed by atoms with E-state index in [1.165, 1.54) is 5.56 Å². The predicted octanol–water partition coefficient (Wildman–Crippen LogP) is 6.18. The molecule has 174 valence electrons. The highest BCUT2D eigenvalue weighted by atomic mass is 35.5. The van der Waals surface area contributed by atoms with Crippen LogP contribution in [-0.2, 0) is 17.6 Å². The fourth-order valence-corrected chi connectivity index (χ4v) is 4.01. The molecule has 2 N–H and O–H groups in total. The number of hydrogen-bond donors (Lipinski definition) is 2. The van der Waals surface area contributed by atoms with Crippen molar-refractivity contribution in [1.82, 2.24) is 10.3 Å². The van der Waals surface area contributed by atoms with Crippen LogP contribution in [0.25, 0.3) is 11.1 Å². The van der Waals surface area contributed by atoms with Crippen molar-refractivity contribution in [3.8, 4) is 5.75 Å². The molecule has 0 saturated heterocycles. The van der Waals surface area contributed by atoms with Gasteiger partial charge in [0, 0.05) is 17.1 Å². The Balaban J connectivity index is 1.27. The topological polar surface area (TPSA) is 76.4 Å². The van der Waals surface area contributed by atoms with Crippen molar-refractivity contribution in [2.24, 2.45) is 0 Å². The third kappa shape index (κ3) is 6.26. The maximum Gasteiger partial charge on any atom is 0.264 e. The lowest BCUT2D eigenvalue weighted by atomic mass is 10.1. The Morgan fingerprint density at radius 2 is 1.76 bits per heavy atom. The van der Waals surface area contributed by atoms with E-state index in [0.29, 0.717) is 39.2 Å². The summed E-state index contributed by atoms with van der Waals surface area (Å²) < 4.78 is 11.3. The second-order valence-electron chi connectivity index (χ2n) is 7.51. The van der Waals surface area contributed by atoms with Gasteiger partial charge in [-0.2, -0.15) is 0 Å². The van der Waals surface area contributed by atoms with Crippen molar-refractivity contribution in [3.05, 3.63) is 87.7 Å². The van der Waals surface area contributed by atoms with E-state index >= 15 is 0 Å². The standard InChI is InChI=1S/C25H21Cl2N3O3S/c1-2-15-5-9-19(10-6-15)32-14-22(31)30-25(34)28-18-7-3-16(4-8-18)11-23-29-21-13-17(26)12-20(27)24(21)33-23/h3-10,12-13H,2,11,14H2,1H3,(H2,28,30,31,34). The van der Waals surface area contributed by atoms with Crippen LogP contribution >= 0.6 is 35.4 Å². The van der Waals surface area contributed by atoms with Gasteiger partial charge in [-0.15, -0.1) is 0 Å². The molecule has 0 spiro atoms. The van der Waals surface area contributed by atoms with Crippen LogP contribution in [0.15, 0.2) is 65.1 Å². The van der Waals surface area contributed by atoms with Crippen LogP contribution in [0.1, 0.15) is 23.9 Å². The molecule has 1 amide bonds. The van der Waals surface area contributed by atoms with E-state index in [-0.39, 0.29) is 17.6 Å². The number of nitrogens with one attached hydrogen (secondary N) is 2. The first kappa shape index (κ1) is 24.0. The van der Waals surface area contributed by atoms with Crippen LogP contribution in [0.3, 0.4) is 0 Å². The summed E-state index contributed by atoms with van der Waals surface area (Å²) >= 11 is 17.4. The highest BCUT2D eigenvalue weighted by Gasteiger charge is 2.12. The summed E-state index contributed by atoms with van der Waals surface area (Å²) in [5.74, 6) is 0.821. The highest BCUT2D eigenvalue weighted by molar-refractivity contribution is 7.80. The normalized spacial score (nSPS) is 10.8. The number of halogens is 2. The van der Waals surface area contributed by atoms with Gasteiger partial charge < -0.3 is 14.5 Å². The van der Waals surface area contributed by atoms with Gasteiger partial charge >= 0.3 is 0 Å². The number of amides is 1. The zero-order valence-corrected chi connectivity index (χ0v) is 20.6. The minimum absolute atomic E-state index is 0.133. The van der Waals surface area contributed by atoms with Crippen molar-refractivity contribution in [2.45, 2.75) is 19.8 Å². The number of anilines is 1. The van der Waals surface area contributed by atoms with Crippen molar-refractivity contribution in [2.75, 3.05) is 11.9 Å². The molecule has 1 aromatic heterocycles. The Bertz CT molecular complexity index is 1320. The van der Waals surface area contributed by atoms with Gasteiger partial charge in [0.1, 0.15) is 11.3 Å². The molecule has 4 aromatic rings. The summed E-state index contributed by atoms with van der Waals surface area (Å²) in [5.41, 5.74) is 4.06. The second kappa shape index (κ2) is 10.9. The SMILES string of the molecule is CCc1ccc(OCC(=O)NC(=S)Nc2ccc(Cc3nc4cc(Cl)cc(Cl)c4o3)cc2)cc1. The fourth-order valence-electron chi connectivity index (χ4n) is 3.26. The van der Waals surface area contributed by atoms with Crippen molar-refractivity contribution in [3.63, 3.8) is 0 Å². The monoisotopic (exact) mass is 513 g/mol. The smallest absolute Gasteiger partial charge is 0.264 e. The maximum absolute atomic E-state index is 12.1. The molecule has 9 heteroatoms. The van der Waals surface area contributed by atoms with E-state index in [0.717, 1.165) is 17.7 Å². The minimum atomic E-state index is -0.344. The lowest BCUT2D eigenvalue weighted by Crippen LogP contribution is -2.37. The van der Waals surface area contributed by atoms with E-state index in [1.807, 2.05) is 48.5 Å². The van der Waals surface area contributed by atoms with Gasteiger partial charge in [0.15, 0.2) is 23.2 Å². The number of carbonyl (C=O) groups is 1. The first-order chi connectivity index (χ1) is 16.4. The number of nitrogens with zero attached hydrogens (tertiary/aromatic N) is 1. The molecule has 4 rings (SSSR count). The van der Waals surface area contributed by atoms with Crippen LogP contribution in [0.4, 0.5) is 5.69 Å².